The van der Waals surface area contributed by atoms with Crippen molar-refractivity contribution in [3.63, 3.8) is 0 Å². The summed E-state index contributed by atoms with van der Waals surface area (Å²) in [5.41, 5.74) is 5.98. The fraction of sp³-hybridized carbons (Fsp3) is 0.115. The van der Waals surface area contributed by atoms with Crippen LogP contribution in [0.4, 0.5) is 5.69 Å². The van der Waals surface area contributed by atoms with E-state index in [0.717, 1.165) is 21.3 Å². The lowest BCUT2D eigenvalue weighted by molar-refractivity contribution is 0.268. The number of benzene rings is 4. The first kappa shape index (κ1) is 20.9. The van der Waals surface area contributed by atoms with Crippen molar-refractivity contribution < 1.29 is 9.47 Å². The Morgan fingerprint density at radius 2 is 1.68 bits per heavy atom. The molecular weight excluding hydrogens is 452 g/mol. The van der Waals surface area contributed by atoms with Gasteiger partial charge in [0.15, 0.2) is 11.5 Å². The maximum atomic E-state index is 6.21. The Labute approximate surface area is 190 Å². The lowest BCUT2D eigenvalue weighted by atomic mass is 10.1. The summed E-state index contributed by atoms with van der Waals surface area (Å²) in [7, 11) is 0. The third-order valence-electron chi connectivity index (χ3n) is 4.76. The second-order valence-corrected chi connectivity index (χ2v) is 7.78. The summed E-state index contributed by atoms with van der Waals surface area (Å²) in [6.45, 7) is 2.95. The van der Waals surface area contributed by atoms with Crippen LogP contribution in [0.15, 0.2) is 94.5 Å². The number of hydrogen-bond acceptors (Lipinski definition) is 4. The minimum Gasteiger partial charge on any atom is -0.490 e. The molecule has 0 saturated heterocycles. The van der Waals surface area contributed by atoms with E-state index in [1.165, 1.54) is 10.8 Å². The SMILES string of the molecule is CCOc1cc(/C=N\Nc2ccccc2)cc(Br)c1OCc1cccc2ccccc12. The van der Waals surface area contributed by atoms with Crippen LogP contribution in [0.3, 0.4) is 0 Å². The molecule has 0 amide bonds. The molecule has 0 aliphatic carbocycles. The molecule has 4 aromatic rings. The number of halogens is 1. The molecule has 0 bridgehead atoms. The van der Waals surface area contributed by atoms with Crippen molar-refractivity contribution in [3.05, 3.63) is 101 Å². The number of anilines is 1. The number of nitrogens with one attached hydrogen (secondary N) is 1. The lowest BCUT2D eigenvalue weighted by Gasteiger charge is -2.15. The van der Waals surface area contributed by atoms with E-state index in [0.29, 0.717) is 24.7 Å². The maximum absolute atomic E-state index is 6.21. The predicted molar refractivity (Wildman–Crippen MR) is 131 cm³/mol. The Morgan fingerprint density at radius 1 is 0.903 bits per heavy atom. The average Bonchev–Trinajstić information content (AvgIpc) is 2.79. The minimum atomic E-state index is 0.447. The van der Waals surface area contributed by atoms with Crippen LogP contribution in [0.5, 0.6) is 11.5 Å². The normalized spacial score (nSPS) is 11.0. The summed E-state index contributed by atoms with van der Waals surface area (Å²) in [5.74, 6) is 1.36. The molecule has 0 aliphatic rings. The highest BCUT2D eigenvalue weighted by Gasteiger charge is 2.13. The van der Waals surface area contributed by atoms with Crippen LogP contribution >= 0.6 is 15.9 Å². The van der Waals surface area contributed by atoms with Gasteiger partial charge >= 0.3 is 0 Å². The van der Waals surface area contributed by atoms with Gasteiger partial charge in [0, 0.05) is 0 Å². The van der Waals surface area contributed by atoms with Crippen LogP contribution in [0.25, 0.3) is 10.8 Å². The molecule has 0 heterocycles. The van der Waals surface area contributed by atoms with Gasteiger partial charge in [0.05, 0.1) is 23.0 Å². The van der Waals surface area contributed by atoms with Gasteiger partial charge in [0.25, 0.3) is 0 Å². The van der Waals surface area contributed by atoms with E-state index in [1.54, 1.807) is 6.21 Å². The van der Waals surface area contributed by atoms with Crippen LogP contribution in [-0.2, 0) is 6.61 Å². The second-order valence-electron chi connectivity index (χ2n) is 6.93. The first-order chi connectivity index (χ1) is 15.2. The van der Waals surface area contributed by atoms with Crippen LogP contribution in [0, 0.1) is 0 Å². The second kappa shape index (κ2) is 10.1. The first-order valence-corrected chi connectivity index (χ1v) is 10.9. The molecule has 0 aromatic heterocycles. The van der Waals surface area contributed by atoms with Gasteiger partial charge in [-0.15, -0.1) is 0 Å². The van der Waals surface area contributed by atoms with Gasteiger partial charge in [-0.05, 0) is 69.0 Å². The van der Waals surface area contributed by atoms with E-state index in [2.05, 4.69) is 56.8 Å². The van der Waals surface area contributed by atoms with Gasteiger partial charge in [0.1, 0.15) is 6.61 Å². The Balaban J connectivity index is 1.54. The Kier molecular flexibility index (Phi) is 6.85. The standard InChI is InChI=1S/C26H23BrN2O2/c1-2-30-25-16-19(17-28-29-22-12-4-3-5-13-22)15-24(27)26(25)31-18-21-11-8-10-20-9-6-7-14-23(20)21/h3-17,29H,2,18H2,1H3/b28-17-. The number of hydrazone groups is 1. The van der Waals surface area contributed by atoms with Crippen LogP contribution in [-0.4, -0.2) is 12.8 Å². The van der Waals surface area contributed by atoms with E-state index in [4.69, 9.17) is 9.47 Å². The molecular formula is C26H23BrN2O2. The summed E-state index contributed by atoms with van der Waals surface area (Å²) < 4.78 is 12.9. The minimum absolute atomic E-state index is 0.447. The molecule has 0 saturated carbocycles. The number of nitrogens with zero attached hydrogens (tertiary/aromatic N) is 1. The summed E-state index contributed by atoms with van der Waals surface area (Å²) in [6.07, 6.45) is 1.76. The van der Waals surface area contributed by atoms with Gasteiger partial charge in [0.2, 0.25) is 0 Å². The van der Waals surface area contributed by atoms with Crippen molar-refractivity contribution in [2.24, 2.45) is 5.10 Å². The summed E-state index contributed by atoms with van der Waals surface area (Å²) in [6, 6.07) is 28.3. The molecule has 4 rings (SSSR count). The van der Waals surface area contributed by atoms with Crippen LogP contribution in [0.1, 0.15) is 18.1 Å². The molecule has 5 heteroatoms. The molecule has 31 heavy (non-hydrogen) atoms. The topological polar surface area (TPSA) is 42.8 Å². The average molecular weight is 475 g/mol. The number of hydrogen-bond donors (Lipinski definition) is 1. The van der Waals surface area contributed by atoms with E-state index < -0.39 is 0 Å². The number of ether oxygens (including phenoxy) is 2. The first-order valence-electron chi connectivity index (χ1n) is 10.1. The van der Waals surface area contributed by atoms with Crippen molar-refractivity contribution in [1.82, 2.24) is 0 Å². The highest BCUT2D eigenvalue weighted by molar-refractivity contribution is 9.10. The van der Waals surface area contributed by atoms with Crippen molar-refractivity contribution in [2.75, 3.05) is 12.0 Å². The third kappa shape index (κ3) is 5.25. The van der Waals surface area contributed by atoms with Crippen molar-refractivity contribution in [1.29, 1.82) is 0 Å². The summed E-state index contributed by atoms with van der Waals surface area (Å²) >= 11 is 3.64. The monoisotopic (exact) mass is 474 g/mol. The molecule has 156 valence electrons. The molecule has 1 N–H and O–H groups in total. The summed E-state index contributed by atoms with van der Waals surface area (Å²) in [5, 5.41) is 6.71. The van der Waals surface area contributed by atoms with Crippen molar-refractivity contribution >= 4 is 38.6 Å². The quantitative estimate of drug-likeness (QED) is 0.220. The molecule has 4 nitrogen and oxygen atoms in total. The Bertz CT molecular complexity index is 1190. The highest BCUT2D eigenvalue weighted by Crippen LogP contribution is 2.37. The Hall–Kier alpha value is -3.31. The smallest absolute Gasteiger partial charge is 0.175 e. The van der Waals surface area contributed by atoms with E-state index in [9.17, 15) is 0 Å². The zero-order valence-electron chi connectivity index (χ0n) is 17.2. The number of para-hydroxylation sites is 1. The van der Waals surface area contributed by atoms with Crippen molar-refractivity contribution in [2.45, 2.75) is 13.5 Å². The molecule has 0 atom stereocenters. The van der Waals surface area contributed by atoms with Crippen molar-refractivity contribution in [3.8, 4) is 11.5 Å². The van der Waals surface area contributed by atoms with E-state index in [1.807, 2.05) is 61.5 Å². The molecule has 0 spiro atoms. The third-order valence-corrected chi connectivity index (χ3v) is 5.35. The lowest BCUT2D eigenvalue weighted by Crippen LogP contribution is -2.02. The molecule has 0 fully saturated rings. The predicted octanol–water partition coefficient (Wildman–Crippen LogP) is 7.03. The van der Waals surface area contributed by atoms with Gasteiger partial charge in [-0.1, -0.05) is 60.7 Å². The van der Waals surface area contributed by atoms with Crippen LogP contribution < -0.4 is 14.9 Å². The highest BCUT2D eigenvalue weighted by atomic mass is 79.9. The molecule has 0 aliphatic heterocycles. The zero-order valence-corrected chi connectivity index (χ0v) is 18.8. The fourth-order valence-corrected chi connectivity index (χ4v) is 3.90. The molecule has 4 aromatic carbocycles. The molecule has 0 unspecified atom stereocenters. The van der Waals surface area contributed by atoms with E-state index >= 15 is 0 Å². The zero-order chi connectivity index (χ0) is 21.5. The fourth-order valence-electron chi connectivity index (χ4n) is 3.33. The largest absolute Gasteiger partial charge is 0.490 e. The van der Waals surface area contributed by atoms with Gasteiger partial charge in [-0.2, -0.15) is 5.10 Å². The van der Waals surface area contributed by atoms with E-state index in [-0.39, 0.29) is 0 Å². The number of rotatable bonds is 8. The van der Waals surface area contributed by atoms with Crippen LogP contribution in [0.2, 0.25) is 0 Å². The van der Waals surface area contributed by atoms with Gasteiger partial charge in [-0.3, -0.25) is 5.43 Å². The van der Waals surface area contributed by atoms with Gasteiger partial charge < -0.3 is 9.47 Å². The Morgan fingerprint density at radius 3 is 2.52 bits per heavy atom. The number of fused-ring (bicyclic) bond motifs is 1. The maximum Gasteiger partial charge on any atom is 0.175 e. The molecule has 0 radical (unpaired) electrons. The van der Waals surface area contributed by atoms with Gasteiger partial charge in [-0.25, -0.2) is 0 Å². The summed E-state index contributed by atoms with van der Waals surface area (Å²) in [4.78, 5) is 0.